The minimum atomic E-state index is 0.0657. The van der Waals surface area contributed by atoms with Crippen LogP contribution in [0, 0.1) is 6.92 Å². The van der Waals surface area contributed by atoms with E-state index < -0.39 is 0 Å². The number of phenols is 1. The van der Waals surface area contributed by atoms with Crippen molar-refractivity contribution in [2.45, 2.75) is 13.3 Å². The fourth-order valence-corrected chi connectivity index (χ4v) is 3.15. The number of aryl methyl sites for hydroxylation is 1. The molecule has 1 aliphatic heterocycles. The Kier molecular flexibility index (Phi) is 3.75. The largest absolute Gasteiger partial charge is 0.508 e. The number of hydrogen-bond acceptors (Lipinski definition) is 4. The van der Waals surface area contributed by atoms with Crippen molar-refractivity contribution in [3.8, 4) is 5.75 Å². The monoisotopic (exact) mass is 300 g/mol. The Bertz CT molecular complexity index is 689. The second-order valence-corrected chi connectivity index (χ2v) is 5.92. The Balaban J connectivity index is 1.73. The van der Waals surface area contributed by atoms with Crippen LogP contribution in [0.2, 0.25) is 0 Å². The first-order valence-corrected chi connectivity index (χ1v) is 7.61. The molecule has 3 rings (SSSR count). The number of amides is 1. The summed E-state index contributed by atoms with van der Waals surface area (Å²) in [6.07, 6.45) is 4.65. The SMILES string of the molecule is Cc1cnsc1C(=O)N1CC=C(c2ccc(O)cc2)CC1. The molecule has 0 bridgehead atoms. The topological polar surface area (TPSA) is 53.4 Å². The van der Waals surface area contributed by atoms with Gasteiger partial charge in [0.25, 0.3) is 5.91 Å². The van der Waals surface area contributed by atoms with Crippen LogP contribution in [-0.4, -0.2) is 33.4 Å². The second-order valence-electron chi connectivity index (χ2n) is 5.12. The number of nitrogens with zero attached hydrogens (tertiary/aromatic N) is 2. The average Bonchev–Trinajstić information content (AvgIpc) is 2.94. The van der Waals surface area contributed by atoms with Crippen LogP contribution >= 0.6 is 11.5 Å². The summed E-state index contributed by atoms with van der Waals surface area (Å²) < 4.78 is 4.06. The van der Waals surface area contributed by atoms with Crippen molar-refractivity contribution in [3.05, 3.63) is 52.5 Å². The minimum absolute atomic E-state index is 0.0657. The van der Waals surface area contributed by atoms with Gasteiger partial charge >= 0.3 is 0 Å². The van der Waals surface area contributed by atoms with Crippen molar-refractivity contribution >= 4 is 23.0 Å². The highest BCUT2D eigenvalue weighted by Crippen LogP contribution is 2.25. The van der Waals surface area contributed by atoms with Crippen LogP contribution < -0.4 is 0 Å². The minimum Gasteiger partial charge on any atom is -0.508 e. The summed E-state index contributed by atoms with van der Waals surface area (Å²) in [5.74, 6) is 0.337. The lowest BCUT2D eigenvalue weighted by molar-refractivity contribution is 0.0777. The number of carbonyl (C=O) groups is 1. The molecule has 21 heavy (non-hydrogen) atoms. The summed E-state index contributed by atoms with van der Waals surface area (Å²) in [4.78, 5) is 15.0. The smallest absolute Gasteiger partial charge is 0.266 e. The van der Waals surface area contributed by atoms with E-state index in [-0.39, 0.29) is 11.7 Å². The van der Waals surface area contributed by atoms with Crippen LogP contribution in [0.4, 0.5) is 0 Å². The molecule has 0 saturated carbocycles. The van der Waals surface area contributed by atoms with E-state index in [0.717, 1.165) is 22.4 Å². The van der Waals surface area contributed by atoms with Gasteiger partial charge < -0.3 is 10.0 Å². The molecule has 1 N–H and O–H groups in total. The number of hydrogen-bond donors (Lipinski definition) is 1. The molecule has 0 unspecified atom stereocenters. The molecule has 0 radical (unpaired) electrons. The highest BCUT2D eigenvalue weighted by Gasteiger charge is 2.21. The van der Waals surface area contributed by atoms with Crippen molar-refractivity contribution in [1.29, 1.82) is 0 Å². The lowest BCUT2D eigenvalue weighted by Gasteiger charge is -2.26. The van der Waals surface area contributed by atoms with Gasteiger partial charge in [-0.15, -0.1) is 0 Å². The fourth-order valence-electron chi connectivity index (χ4n) is 2.43. The van der Waals surface area contributed by atoms with E-state index in [1.54, 1.807) is 18.3 Å². The summed E-state index contributed by atoms with van der Waals surface area (Å²) in [5, 5.41) is 9.32. The van der Waals surface area contributed by atoms with E-state index in [1.165, 1.54) is 17.1 Å². The molecule has 5 heteroatoms. The maximum absolute atomic E-state index is 12.4. The lowest BCUT2D eigenvalue weighted by atomic mass is 9.99. The second kappa shape index (κ2) is 5.69. The van der Waals surface area contributed by atoms with Crippen molar-refractivity contribution in [2.24, 2.45) is 0 Å². The van der Waals surface area contributed by atoms with Crippen molar-refractivity contribution in [2.75, 3.05) is 13.1 Å². The molecule has 0 aliphatic carbocycles. The summed E-state index contributed by atoms with van der Waals surface area (Å²) >= 11 is 1.26. The highest BCUT2D eigenvalue weighted by atomic mass is 32.1. The normalized spacial score (nSPS) is 14.9. The Hall–Kier alpha value is -2.14. The Morgan fingerprint density at radius 3 is 2.67 bits per heavy atom. The molecular weight excluding hydrogens is 284 g/mol. The van der Waals surface area contributed by atoms with Crippen molar-refractivity contribution in [3.63, 3.8) is 0 Å². The third-order valence-corrected chi connectivity index (χ3v) is 4.57. The molecule has 2 aromatic rings. The Morgan fingerprint density at radius 2 is 2.10 bits per heavy atom. The predicted molar refractivity (Wildman–Crippen MR) is 83.5 cm³/mol. The van der Waals surface area contributed by atoms with E-state index in [0.29, 0.717) is 13.1 Å². The van der Waals surface area contributed by atoms with Crippen LogP contribution in [0.15, 0.2) is 36.5 Å². The number of aromatic hydroxyl groups is 1. The molecule has 1 aromatic carbocycles. The first-order valence-electron chi connectivity index (χ1n) is 6.84. The Labute approximate surface area is 127 Å². The van der Waals surface area contributed by atoms with Gasteiger partial charge in [-0.1, -0.05) is 18.2 Å². The first kappa shape index (κ1) is 13.8. The molecule has 0 fully saturated rings. The molecule has 1 aliphatic rings. The number of rotatable bonds is 2. The number of carbonyl (C=O) groups excluding carboxylic acids is 1. The van der Waals surface area contributed by atoms with Crippen molar-refractivity contribution in [1.82, 2.24) is 9.27 Å². The van der Waals surface area contributed by atoms with Gasteiger partial charge in [-0.3, -0.25) is 4.79 Å². The average molecular weight is 300 g/mol. The molecule has 2 heterocycles. The van der Waals surface area contributed by atoms with Crippen LogP contribution in [0.1, 0.15) is 27.2 Å². The number of phenolic OH excluding ortho intramolecular Hbond substituents is 1. The molecule has 0 atom stereocenters. The molecule has 1 amide bonds. The van der Waals surface area contributed by atoms with Crippen LogP contribution in [0.5, 0.6) is 5.75 Å². The standard InChI is InChI=1S/C16H16N2O2S/c1-11-10-17-21-15(11)16(20)18-8-6-13(7-9-18)12-2-4-14(19)5-3-12/h2-6,10,19H,7-9H2,1H3. The molecule has 4 nitrogen and oxygen atoms in total. The third-order valence-electron chi connectivity index (χ3n) is 3.68. The molecule has 1 aromatic heterocycles. The highest BCUT2D eigenvalue weighted by molar-refractivity contribution is 7.08. The van der Waals surface area contributed by atoms with E-state index in [9.17, 15) is 9.90 Å². The van der Waals surface area contributed by atoms with Gasteiger partial charge in [-0.2, -0.15) is 0 Å². The van der Waals surface area contributed by atoms with Crippen LogP contribution in [0.3, 0.4) is 0 Å². The predicted octanol–water partition coefficient (Wildman–Crippen LogP) is 3.09. The zero-order chi connectivity index (χ0) is 14.8. The van der Waals surface area contributed by atoms with E-state index >= 15 is 0 Å². The summed E-state index contributed by atoms with van der Waals surface area (Å²) in [6, 6.07) is 7.20. The van der Waals surface area contributed by atoms with Gasteiger partial charge in [0.2, 0.25) is 0 Å². The summed E-state index contributed by atoms with van der Waals surface area (Å²) in [7, 11) is 0. The van der Waals surface area contributed by atoms with Gasteiger partial charge in [0.1, 0.15) is 10.6 Å². The van der Waals surface area contributed by atoms with E-state index in [2.05, 4.69) is 10.4 Å². The molecule has 0 spiro atoms. The maximum Gasteiger partial charge on any atom is 0.266 e. The van der Waals surface area contributed by atoms with Crippen LogP contribution in [0.25, 0.3) is 5.57 Å². The quantitative estimate of drug-likeness (QED) is 0.927. The van der Waals surface area contributed by atoms with E-state index in [4.69, 9.17) is 0 Å². The summed E-state index contributed by atoms with van der Waals surface area (Å²) in [6.45, 7) is 3.24. The first-order chi connectivity index (χ1) is 10.1. The lowest BCUT2D eigenvalue weighted by Crippen LogP contribution is -2.34. The zero-order valence-corrected chi connectivity index (χ0v) is 12.6. The van der Waals surface area contributed by atoms with Gasteiger partial charge in [0.05, 0.1) is 0 Å². The van der Waals surface area contributed by atoms with Gasteiger partial charge in [-0.25, -0.2) is 4.37 Å². The molecule has 108 valence electrons. The molecular formula is C16H16N2O2S. The van der Waals surface area contributed by atoms with Crippen LogP contribution in [-0.2, 0) is 0 Å². The maximum atomic E-state index is 12.4. The third kappa shape index (κ3) is 2.83. The van der Waals surface area contributed by atoms with Gasteiger partial charge in [0, 0.05) is 19.3 Å². The van der Waals surface area contributed by atoms with E-state index in [1.807, 2.05) is 24.0 Å². The fraction of sp³-hybridized carbons (Fsp3) is 0.250. The zero-order valence-electron chi connectivity index (χ0n) is 11.7. The number of aromatic nitrogens is 1. The number of benzene rings is 1. The molecule has 0 saturated heterocycles. The van der Waals surface area contributed by atoms with Gasteiger partial charge in [0.15, 0.2) is 0 Å². The van der Waals surface area contributed by atoms with Gasteiger partial charge in [-0.05, 0) is 53.7 Å². The summed E-state index contributed by atoms with van der Waals surface area (Å²) in [5.41, 5.74) is 3.27. The Morgan fingerprint density at radius 1 is 1.33 bits per heavy atom. The van der Waals surface area contributed by atoms with Crippen molar-refractivity contribution < 1.29 is 9.90 Å².